The minimum Gasteiger partial charge on any atom is -0.508 e. The van der Waals surface area contributed by atoms with Crippen LogP contribution in [0.1, 0.15) is 21.5 Å². The minimum absolute atomic E-state index is 0.0302. The Labute approximate surface area is 136 Å². The van der Waals surface area contributed by atoms with Crippen LogP contribution in [0.5, 0.6) is 11.5 Å². The first kappa shape index (κ1) is 16.3. The maximum absolute atomic E-state index is 11.2. The fourth-order valence-electron chi connectivity index (χ4n) is 2.45. The van der Waals surface area contributed by atoms with Crippen LogP contribution in [0.3, 0.4) is 0 Å². The zero-order chi connectivity index (χ0) is 16.6. The van der Waals surface area contributed by atoms with Crippen LogP contribution in [0.25, 0.3) is 5.57 Å². The van der Waals surface area contributed by atoms with E-state index in [-0.39, 0.29) is 17.1 Å². The molecule has 0 heterocycles. The van der Waals surface area contributed by atoms with Gasteiger partial charge in [0, 0.05) is 10.6 Å². The highest BCUT2D eigenvalue weighted by atomic mass is 35.5. The lowest BCUT2D eigenvalue weighted by atomic mass is 9.69. The molecule has 0 fully saturated rings. The highest BCUT2D eigenvalue weighted by Gasteiger charge is 2.20. The molecule has 0 saturated heterocycles. The Morgan fingerprint density at radius 2 is 1.64 bits per heavy atom. The molecular formula is C15H14B3ClO3. The second-order valence-electron chi connectivity index (χ2n) is 5.28. The van der Waals surface area contributed by atoms with Gasteiger partial charge < -0.3 is 10.2 Å². The SMILES string of the molecule is Bc1c(B)c(O)c(C(=C)c2ccc(Cl)cc2C=O)c(O)c1B. The topological polar surface area (TPSA) is 57.5 Å². The molecule has 0 radical (unpaired) electrons. The quantitative estimate of drug-likeness (QED) is 0.530. The van der Waals surface area contributed by atoms with Gasteiger partial charge in [0.15, 0.2) is 6.29 Å². The van der Waals surface area contributed by atoms with Gasteiger partial charge >= 0.3 is 0 Å². The Bertz CT molecular complexity index is 774. The molecule has 0 aromatic heterocycles. The molecule has 0 atom stereocenters. The van der Waals surface area contributed by atoms with Crippen molar-refractivity contribution in [2.24, 2.45) is 0 Å². The number of halogens is 1. The highest BCUT2D eigenvalue weighted by Crippen LogP contribution is 2.34. The van der Waals surface area contributed by atoms with Crippen LogP contribution in [-0.4, -0.2) is 40.0 Å². The van der Waals surface area contributed by atoms with Crippen LogP contribution in [0.15, 0.2) is 24.8 Å². The molecule has 0 aliphatic rings. The zero-order valence-electron chi connectivity index (χ0n) is 12.7. The molecule has 0 amide bonds. The Balaban J connectivity index is 2.73. The van der Waals surface area contributed by atoms with Crippen molar-refractivity contribution in [3.63, 3.8) is 0 Å². The molecule has 0 spiro atoms. The average Bonchev–Trinajstić information content (AvgIpc) is 2.50. The summed E-state index contributed by atoms with van der Waals surface area (Å²) < 4.78 is 0. The van der Waals surface area contributed by atoms with Crippen molar-refractivity contribution < 1.29 is 15.0 Å². The molecule has 2 rings (SSSR count). The fourth-order valence-corrected chi connectivity index (χ4v) is 2.63. The molecule has 0 aliphatic heterocycles. The van der Waals surface area contributed by atoms with Crippen LogP contribution < -0.4 is 16.4 Å². The summed E-state index contributed by atoms with van der Waals surface area (Å²) >= 11 is 5.89. The largest absolute Gasteiger partial charge is 0.508 e. The Morgan fingerprint density at radius 3 is 2.14 bits per heavy atom. The van der Waals surface area contributed by atoms with Crippen molar-refractivity contribution in [2.45, 2.75) is 0 Å². The molecule has 2 aromatic rings. The molecule has 0 bridgehead atoms. The molecule has 0 unspecified atom stereocenters. The van der Waals surface area contributed by atoms with E-state index >= 15 is 0 Å². The summed E-state index contributed by atoms with van der Waals surface area (Å²) in [7, 11) is 5.38. The van der Waals surface area contributed by atoms with Gasteiger partial charge in [0.1, 0.15) is 35.0 Å². The zero-order valence-corrected chi connectivity index (χ0v) is 13.5. The van der Waals surface area contributed by atoms with E-state index in [1.165, 1.54) is 6.07 Å². The van der Waals surface area contributed by atoms with E-state index < -0.39 is 0 Å². The first-order valence-corrected chi connectivity index (χ1v) is 7.13. The summed E-state index contributed by atoms with van der Waals surface area (Å²) in [6.45, 7) is 3.95. The summed E-state index contributed by atoms with van der Waals surface area (Å²) in [5.74, 6) is -0.0604. The Hall–Kier alpha value is -2.07. The van der Waals surface area contributed by atoms with E-state index in [0.717, 1.165) is 5.46 Å². The molecule has 2 N–H and O–H groups in total. The first-order valence-electron chi connectivity index (χ1n) is 6.75. The number of benzene rings is 2. The summed E-state index contributed by atoms with van der Waals surface area (Å²) in [6, 6.07) is 4.81. The van der Waals surface area contributed by atoms with Gasteiger partial charge in [-0.05, 0) is 23.3 Å². The molecule has 108 valence electrons. The maximum atomic E-state index is 11.2. The Kier molecular flexibility index (Phi) is 4.43. The molecule has 2 aromatic carbocycles. The summed E-state index contributed by atoms with van der Waals surface area (Å²) in [6.07, 6.45) is 0.675. The van der Waals surface area contributed by atoms with Crippen molar-refractivity contribution in [1.29, 1.82) is 0 Å². The predicted molar refractivity (Wildman–Crippen MR) is 99.3 cm³/mol. The predicted octanol–water partition coefficient (Wildman–Crippen LogP) is -1.60. The van der Waals surface area contributed by atoms with E-state index in [2.05, 4.69) is 6.58 Å². The number of aromatic hydroxyl groups is 2. The third kappa shape index (κ3) is 2.55. The van der Waals surface area contributed by atoms with Gasteiger partial charge in [0.05, 0.1) is 5.56 Å². The number of rotatable bonds is 3. The molecule has 0 aliphatic carbocycles. The van der Waals surface area contributed by atoms with Crippen molar-refractivity contribution in [1.82, 2.24) is 0 Å². The third-order valence-corrected chi connectivity index (χ3v) is 4.31. The summed E-state index contributed by atoms with van der Waals surface area (Å²) in [4.78, 5) is 11.2. The lowest BCUT2D eigenvalue weighted by Gasteiger charge is -2.19. The lowest BCUT2D eigenvalue weighted by Crippen LogP contribution is -2.39. The number of phenols is 2. The molecular weight excluding hydrogens is 296 g/mol. The van der Waals surface area contributed by atoms with Crippen LogP contribution in [0.4, 0.5) is 0 Å². The number of carbonyl (C=O) groups excluding carboxylic acids is 1. The van der Waals surface area contributed by atoms with E-state index in [0.29, 0.717) is 38.9 Å². The third-order valence-electron chi connectivity index (χ3n) is 4.08. The summed E-state index contributed by atoms with van der Waals surface area (Å²) in [5.41, 5.74) is 3.66. The minimum atomic E-state index is -0.0302. The summed E-state index contributed by atoms with van der Waals surface area (Å²) in [5, 5.41) is 21.2. The Morgan fingerprint density at radius 1 is 1.09 bits per heavy atom. The number of hydrogen-bond acceptors (Lipinski definition) is 3. The second-order valence-corrected chi connectivity index (χ2v) is 5.71. The van der Waals surface area contributed by atoms with Crippen molar-refractivity contribution in [3.05, 3.63) is 46.5 Å². The van der Waals surface area contributed by atoms with E-state index in [1.54, 1.807) is 27.8 Å². The van der Waals surface area contributed by atoms with Crippen molar-refractivity contribution in [3.8, 4) is 11.5 Å². The number of hydrogen-bond donors (Lipinski definition) is 2. The van der Waals surface area contributed by atoms with Crippen molar-refractivity contribution in [2.75, 3.05) is 0 Å². The maximum Gasteiger partial charge on any atom is 0.150 e. The van der Waals surface area contributed by atoms with Crippen molar-refractivity contribution >= 4 is 63.4 Å². The van der Waals surface area contributed by atoms with Crippen LogP contribution in [-0.2, 0) is 0 Å². The van der Waals surface area contributed by atoms with Gasteiger partial charge in [-0.15, -0.1) is 0 Å². The van der Waals surface area contributed by atoms with Crippen LogP contribution in [0.2, 0.25) is 5.02 Å². The number of aldehydes is 1. The van der Waals surface area contributed by atoms with Gasteiger partial charge in [-0.25, -0.2) is 0 Å². The highest BCUT2D eigenvalue weighted by molar-refractivity contribution is 6.59. The monoisotopic (exact) mass is 310 g/mol. The van der Waals surface area contributed by atoms with Gasteiger partial charge in [-0.3, -0.25) is 4.79 Å². The lowest BCUT2D eigenvalue weighted by molar-refractivity contribution is 0.112. The smallest absolute Gasteiger partial charge is 0.150 e. The normalized spacial score (nSPS) is 10.4. The van der Waals surface area contributed by atoms with Crippen LogP contribution >= 0.6 is 11.6 Å². The number of carbonyl (C=O) groups is 1. The fraction of sp³-hybridized carbons (Fsp3) is 0. The molecule has 22 heavy (non-hydrogen) atoms. The van der Waals surface area contributed by atoms with E-state index in [4.69, 9.17) is 11.6 Å². The van der Waals surface area contributed by atoms with Gasteiger partial charge in [0.25, 0.3) is 0 Å². The van der Waals surface area contributed by atoms with Gasteiger partial charge in [-0.1, -0.05) is 40.6 Å². The molecule has 0 saturated carbocycles. The second kappa shape index (κ2) is 5.97. The molecule has 7 heteroatoms. The van der Waals surface area contributed by atoms with Gasteiger partial charge in [-0.2, -0.15) is 0 Å². The number of phenolic OH excluding ortho intramolecular Hbond substituents is 2. The molecule has 3 nitrogen and oxygen atoms in total. The average molecular weight is 310 g/mol. The van der Waals surface area contributed by atoms with Crippen LogP contribution in [0, 0.1) is 0 Å². The van der Waals surface area contributed by atoms with E-state index in [1.807, 2.05) is 7.85 Å². The standard InChI is InChI=1S/C15H14B3ClO3/c1-6(9-3-2-8(19)4-7(9)5-20)10-14(21)12(17)11(16)13(18)15(10)22/h2-5,21-22H,1,16-18H2. The first-order chi connectivity index (χ1) is 10.3. The van der Waals surface area contributed by atoms with E-state index in [9.17, 15) is 15.0 Å². The van der Waals surface area contributed by atoms with Gasteiger partial charge in [0.2, 0.25) is 0 Å².